The fraction of sp³-hybridized carbons (Fsp3) is 0.348. The van der Waals surface area contributed by atoms with E-state index in [9.17, 15) is 14.4 Å². The minimum absolute atomic E-state index is 0.0416. The first kappa shape index (κ1) is 20.1. The van der Waals surface area contributed by atoms with Crippen LogP contribution in [0.15, 0.2) is 30.0 Å². The van der Waals surface area contributed by atoms with E-state index in [4.69, 9.17) is 4.98 Å². The molecular formula is C23H22N6O3S. The van der Waals surface area contributed by atoms with Crippen LogP contribution in [-0.2, 0) is 9.59 Å². The zero-order valence-corrected chi connectivity index (χ0v) is 18.6. The van der Waals surface area contributed by atoms with Crippen LogP contribution in [-0.4, -0.2) is 44.4 Å². The molecule has 3 fully saturated rings. The molecule has 6 rings (SSSR count). The van der Waals surface area contributed by atoms with Gasteiger partial charge in [0.15, 0.2) is 5.65 Å². The number of carbonyl (C=O) groups excluding carboxylic acids is 3. The Labute approximate surface area is 193 Å². The number of anilines is 1. The molecule has 3 N–H and O–H groups in total. The van der Waals surface area contributed by atoms with Crippen LogP contribution in [0.3, 0.4) is 0 Å². The van der Waals surface area contributed by atoms with Gasteiger partial charge in [0.1, 0.15) is 5.82 Å². The first-order valence-corrected chi connectivity index (χ1v) is 12.0. The molecule has 168 valence electrons. The molecule has 0 bridgehead atoms. The van der Waals surface area contributed by atoms with Gasteiger partial charge in [-0.25, -0.2) is 4.98 Å². The standard InChI is InChI=1S/C23H22N6O3S/c30-20-9-12(22(31)28-20)8-13-11-24-29-19(25-15-4-5-15)10-16(27-21(13)29)17-6-7-18(33-17)23(32)26-14-2-1-3-14/h6-8,10-11,14-15,25H,1-5,9H2,(H,26,32)(H,28,30,31)/b12-8+. The summed E-state index contributed by atoms with van der Waals surface area (Å²) in [7, 11) is 0. The summed E-state index contributed by atoms with van der Waals surface area (Å²) in [5, 5.41) is 13.3. The maximum Gasteiger partial charge on any atom is 0.261 e. The Balaban J connectivity index is 1.38. The van der Waals surface area contributed by atoms with Gasteiger partial charge in [-0.3, -0.25) is 19.7 Å². The largest absolute Gasteiger partial charge is 0.367 e. The van der Waals surface area contributed by atoms with E-state index < -0.39 is 0 Å². The summed E-state index contributed by atoms with van der Waals surface area (Å²) in [5.41, 5.74) is 2.37. The van der Waals surface area contributed by atoms with Crippen molar-refractivity contribution in [1.82, 2.24) is 25.2 Å². The van der Waals surface area contributed by atoms with Crippen LogP contribution in [0.2, 0.25) is 0 Å². The van der Waals surface area contributed by atoms with Gasteiger partial charge in [-0.1, -0.05) is 0 Å². The number of thiophene rings is 1. The molecule has 0 radical (unpaired) electrons. The molecule has 1 saturated heterocycles. The SMILES string of the molecule is O=C1C/C(=C\c2cnn3c(NC4CC4)cc(-c4ccc(C(=O)NC5CCC5)s4)nc23)C(=O)N1. The molecule has 3 aliphatic rings. The average molecular weight is 463 g/mol. The molecule has 3 aromatic heterocycles. The molecule has 3 aromatic rings. The highest BCUT2D eigenvalue weighted by molar-refractivity contribution is 7.17. The molecule has 3 amide bonds. The number of imide groups is 1. The topological polar surface area (TPSA) is 117 Å². The first-order chi connectivity index (χ1) is 16.0. The lowest BCUT2D eigenvalue weighted by molar-refractivity contribution is -0.124. The van der Waals surface area contributed by atoms with Crippen LogP contribution >= 0.6 is 11.3 Å². The van der Waals surface area contributed by atoms with E-state index in [0.29, 0.717) is 27.7 Å². The van der Waals surface area contributed by atoms with E-state index in [2.05, 4.69) is 21.0 Å². The summed E-state index contributed by atoms with van der Waals surface area (Å²) in [6, 6.07) is 6.38. The van der Waals surface area contributed by atoms with E-state index in [0.717, 1.165) is 42.1 Å². The van der Waals surface area contributed by atoms with Crippen molar-refractivity contribution in [3.05, 3.63) is 40.4 Å². The van der Waals surface area contributed by atoms with Gasteiger partial charge in [0.05, 0.1) is 28.1 Å². The Hall–Kier alpha value is -3.53. The molecule has 0 unspecified atom stereocenters. The highest BCUT2D eigenvalue weighted by Gasteiger charge is 2.26. The molecule has 33 heavy (non-hydrogen) atoms. The zero-order chi connectivity index (χ0) is 22.5. The number of fused-ring (bicyclic) bond motifs is 1. The summed E-state index contributed by atoms with van der Waals surface area (Å²) in [4.78, 5) is 42.5. The maximum absolute atomic E-state index is 12.6. The van der Waals surface area contributed by atoms with E-state index in [1.54, 1.807) is 16.8 Å². The van der Waals surface area contributed by atoms with E-state index in [1.165, 1.54) is 17.8 Å². The quantitative estimate of drug-likeness (QED) is 0.383. The second kappa shape index (κ2) is 7.80. The van der Waals surface area contributed by atoms with Crippen LogP contribution in [0.25, 0.3) is 22.3 Å². The lowest BCUT2D eigenvalue weighted by Crippen LogP contribution is -2.39. The molecule has 4 heterocycles. The first-order valence-electron chi connectivity index (χ1n) is 11.1. The van der Waals surface area contributed by atoms with Crippen molar-refractivity contribution < 1.29 is 14.4 Å². The van der Waals surface area contributed by atoms with Gasteiger partial charge >= 0.3 is 0 Å². The molecule has 2 aliphatic carbocycles. The zero-order valence-electron chi connectivity index (χ0n) is 17.8. The second-order valence-electron chi connectivity index (χ2n) is 8.77. The summed E-state index contributed by atoms with van der Waals surface area (Å²) in [5.74, 6) is 0.0778. The lowest BCUT2D eigenvalue weighted by Gasteiger charge is -2.25. The number of amides is 3. The summed E-state index contributed by atoms with van der Waals surface area (Å²) >= 11 is 1.41. The third kappa shape index (κ3) is 3.91. The number of hydrogen-bond donors (Lipinski definition) is 3. The highest BCUT2D eigenvalue weighted by atomic mass is 32.1. The minimum atomic E-state index is -0.382. The van der Waals surface area contributed by atoms with Crippen LogP contribution < -0.4 is 16.0 Å². The molecule has 0 aromatic carbocycles. The smallest absolute Gasteiger partial charge is 0.261 e. The minimum Gasteiger partial charge on any atom is -0.367 e. The normalized spacial score (nSPS) is 19.7. The molecule has 0 spiro atoms. The van der Waals surface area contributed by atoms with Crippen LogP contribution in [0.4, 0.5) is 5.82 Å². The molecule has 0 atom stereocenters. The third-order valence-electron chi connectivity index (χ3n) is 6.18. The van der Waals surface area contributed by atoms with Crippen LogP contribution in [0.1, 0.15) is 53.8 Å². The summed E-state index contributed by atoms with van der Waals surface area (Å²) < 4.78 is 1.72. The van der Waals surface area contributed by atoms with E-state index in [1.807, 2.05) is 18.2 Å². The Morgan fingerprint density at radius 1 is 1.18 bits per heavy atom. The lowest BCUT2D eigenvalue weighted by atomic mass is 9.93. The van der Waals surface area contributed by atoms with Crippen molar-refractivity contribution >= 4 is 46.6 Å². The van der Waals surface area contributed by atoms with Gasteiger partial charge in [0, 0.05) is 29.3 Å². The van der Waals surface area contributed by atoms with Gasteiger partial charge in [-0.2, -0.15) is 9.61 Å². The van der Waals surface area contributed by atoms with Crippen molar-refractivity contribution in [1.29, 1.82) is 0 Å². The predicted molar refractivity (Wildman–Crippen MR) is 124 cm³/mol. The fourth-order valence-corrected chi connectivity index (χ4v) is 4.83. The Bertz CT molecular complexity index is 1330. The van der Waals surface area contributed by atoms with Crippen molar-refractivity contribution in [2.45, 2.75) is 50.6 Å². The number of carbonyl (C=O) groups is 3. The van der Waals surface area contributed by atoms with Crippen LogP contribution in [0, 0.1) is 0 Å². The molecule has 2 saturated carbocycles. The summed E-state index contributed by atoms with van der Waals surface area (Å²) in [6.45, 7) is 0. The number of rotatable bonds is 6. The number of nitrogens with zero attached hydrogens (tertiary/aromatic N) is 3. The van der Waals surface area contributed by atoms with Crippen molar-refractivity contribution in [3.8, 4) is 10.6 Å². The van der Waals surface area contributed by atoms with Crippen molar-refractivity contribution in [3.63, 3.8) is 0 Å². The van der Waals surface area contributed by atoms with Gasteiger partial charge in [-0.05, 0) is 50.3 Å². The van der Waals surface area contributed by atoms with E-state index >= 15 is 0 Å². The Kier molecular flexibility index (Phi) is 4.75. The highest BCUT2D eigenvalue weighted by Crippen LogP contribution is 2.33. The van der Waals surface area contributed by atoms with Crippen molar-refractivity contribution in [2.24, 2.45) is 0 Å². The van der Waals surface area contributed by atoms with Gasteiger partial charge in [-0.15, -0.1) is 11.3 Å². The third-order valence-corrected chi connectivity index (χ3v) is 7.28. The Morgan fingerprint density at radius 3 is 2.73 bits per heavy atom. The predicted octanol–water partition coefficient (Wildman–Crippen LogP) is 2.74. The Morgan fingerprint density at radius 2 is 2.03 bits per heavy atom. The van der Waals surface area contributed by atoms with Crippen molar-refractivity contribution in [2.75, 3.05) is 5.32 Å². The van der Waals surface area contributed by atoms with Gasteiger partial charge < -0.3 is 10.6 Å². The maximum atomic E-state index is 12.6. The molecule has 9 nitrogen and oxygen atoms in total. The van der Waals surface area contributed by atoms with E-state index in [-0.39, 0.29) is 30.2 Å². The molecular weight excluding hydrogens is 440 g/mol. The number of hydrogen-bond acceptors (Lipinski definition) is 7. The van der Waals surface area contributed by atoms with Gasteiger partial charge in [0.2, 0.25) is 5.91 Å². The average Bonchev–Trinajstić information content (AvgIpc) is 3.15. The fourth-order valence-electron chi connectivity index (χ4n) is 3.96. The number of aromatic nitrogens is 3. The van der Waals surface area contributed by atoms with Crippen LogP contribution in [0.5, 0.6) is 0 Å². The van der Waals surface area contributed by atoms with Gasteiger partial charge in [0.25, 0.3) is 11.8 Å². The summed E-state index contributed by atoms with van der Waals surface area (Å²) in [6.07, 6.45) is 8.83. The molecule has 1 aliphatic heterocycles. The number of nitrogens with one attached hydrogen (secondary N) is 3. The second-order valence-corrected chi connectivity index (χ2v) is 9.85. The monoisotopic (exact) mass is 462 g/mol. The molecule has 10 heteroatoms.